The lowest BCUT2D eigenvalue weighted by molar-refractivity contribution is 0.0940. The smallest absolute Gasteiger partial charge is 0.254 e. The molecule has 5 nitrogen and oxygen atoms in total. The van der Waals surface area contributed by atoms with Gasteiger partial charge in [0.2, 0.25) is 0 Å². The molecule has 25 heavy (non-hydrogen) atoms. The van der Waals surface area contributed by atoms with Crippen molar-refractivity contribution in [2.45, 2.75) is 12.6 Å². The average molecular weight is 396 g/mol. The normalized spacial score (nSPS) is 11.4. The van der Waals surface area contributed by atoms with Crippen molar-refractivity contribution in [2.24, 2.45) is 5.73 Å². The number of carbonyl (C=O) groups is 1. The molecule has 1 aromatic carbocycles. The van der Waals surface area contributed by atoms with E-state index in [9.17, 15) is 13.6 Å². The minimum Gasteiger partial charge on any atom is -0.467 e. The number of likely N-dealkylation sites (N-methyl/N-ethyl adjacent to an activating group) is 1. The highest BCUT2D eigenvalue weighted by Crippen LogP contribution is 2.24. The van der Waals surface area contributed by atoms with Crippen molar-refractivity contribution in [2.75, 3.05) is 20.6 Å². The van der Waals surface area contributed by atoms with E-state index in [0.717, 1.165) is 0 Å². The van der Waals surface area contributed by atoms with Gasteiger partial charge in [-0.15, -0.1) is 24.8 Å². The lowest BCUT2D eigenvalue weighted by Gasteiger charge is -2.25. The van der Waals surface area contributed by atoms with E-state index in [2.05, 4.69) is 5.32 Å². The summed E-state index contributed by atoms with van der Waals surface area (Å²) in [5, 5.41) is 2.66. The molecule has 2 aromatic rings. The van der Waals surface area contributed by atoms with Crippen molar-refractivity contribution in [3.05, 3.63) is 59.1 Å². The first kappa shape index (κ1) is 23.3. The Balaban J connectivity index is 0.00000288. The first-order chi connectivity index (χ1) is 10.9. The fraction of sp³-hybridized carbons (Fsp3) is 0.312. The molecule has 9 heteroatoms. The van der Waals surface area contributed by atoms with E-state index in [1.807, 2.05) is 0 Å². The third-order valence-corrected chi connectivity index (χ3v) is 3.53. The first-order valence-corrected chi connectivity index (χ1v) is 7.10. The number of nitrogens with zero attached hydrogens (tertiary/aromatic N) is 1. The molecule has 1 aromatic heterocycles. The summed E-state index contributed by atoms with van der Waals surface area (Å²) >= 11 is 0. The number of rotatable bonds is 6. The Kier molecular flexibility index (Phi) is 9.66. The van der Waals surface area contributed by atoms with Gasteiger partial charge in [0.1, 0.15) is 23.7 Å². The summed E-state index contributed by atoms with van der Waals surface area (Å²) in [6.45, 7) is 0.237. The van der Waals surface area contributed by atoms with Crippen LogP contribution in [0.25, 0.3) is 0 Å². The van der Waals surface area contributed by atoms with Crippen LogP contribution in [0.2, 0.25) is 0 Å². The Bertz CT molecular complexity index is 676. The van der Waals surface area contributed by atoms with Gasteiger partial charge in [-0.3, -0.25) is 4.79 Å². The second-order valence-corrected chi connectivity index (χ2v) is 5.33. The molecule has 0 aliphatic rings. The van der Waals surface area contributed by atoms with Crippen LogP contribution in [0.4, 0.5) is 8.78 Å². The number of hydrogen-bond donors (Lipinski definition) is 2. The van der Waals surface area contributed by atoms with Gasteiger partial charge in [0, 0.05) is 12.1 Å². The summed E-state index contributed by atoms with van der Waals surface area (Å²) in [7, 11) is 3.38. The molecule has 2 rings (SSSR count). The first-order valence-electron chi connectivity index (χ1n) is 7.10. The van der Waals surface area contributed by atoms with E-state index in [4.69, 9.17) is 10.2 Å². The highest BCUT2D eigenvalue weighted by atomic mass is 35.5. The Morgan fingerprint density at radius 2 is 1.88 bits per heavy atom. The molecule has 1 atom stereocenters. The lowest BCUT2D eigenvalue weighted by atomic mass is 10.0. The predicted molar refractivity (Wildman–Crippen MR) is 96.2 cm³/mol. The molecule has 140 valence electrons. The van der Waals surface area contributed by atoms with Gasteiger partial charge in [0.25, 0.3) is 5.91 Å². The fourth-order valence-electron chi connectivity index (χ4n) is 2.27. The molecule has 0 saturated heterocycles. The molecular formula is C16H21Cl2F2N3O2. The Hall–Kier alpha value is -1.67. The summed E-state index contributed by atoms with van der Waals surface area (Å²) in [6, 6.07) is 4.59. The van der Waals surface area contributed by atoms with Gasteiger partial charge in [0.05, 0.1) is 18.2 Å². The zero-order chi connectivity index (χ0) is 17.0. The number of nitrogens with two attached hydrogens (primary N) is 1. The van der Waals surface area contributed by atoms with Gasteiger partial charge in [-0.1, -0.05) is 6.07 Å². The summed E-state index contributed by atoms with van der Waals surface area (Å²) in [5.74, 6) is -1.20. The van der Waals surface area contributed by atoms with Crippen LogP contribution in [0, 0.1) is 11.6 Å². The highest BCUT2D eigenvalue weighted by Gasteiger charge is 2.23. The van der Waals surface area contributed by atoms with Crippen molar-refractivity contribution in [3.8, 4) is 0 Å². The van der Waals surface area contributed by atoms with Gasteiger partial charge in [-0.25, -0.2) is 8.78 Å². The average Bonchev–Trinajstić information content (AvgIpc) is 2.98. The molecule has 1 amide bonds. The molecule has 0 aliphatic heterocycles. The number of carbonyl (C=O) groups excluding carboxylic acids is 1. The van der Waals surface area contributed by atoms with Crippen LogP contribution in [0.3, 0.4) is 0 Å². The van der Waals surface area contributed by atoms with E-state index in [0.29, 0.717) is 11.3 Å². The molecule has 0 radical (unpaired) electrons. The van der Waals surface area contributed by atoms with E-state index < -0.39 is 23.6 Å². The van der Waals surface area contributed by atoms with Gasteiger partial charge in [-0.05, 0) is 32.3 Å². The Labute approximate surface area is 157 Å². The molecule has 1 unspecified atom stereocenters. The highest BCUT2D eigenvalue weighted by molar-refractivity contribution is 5.94. The summed E-state index contributed by atoms with van der Waals surface area (Å²) < 4.78 is 33.0. The minimum absolute atomic E-state index is 0. The molecule has 0 aliphatic carbocycles. The predicted octanol–water partition coefficient (Wildman–Crippen LogP) is 2.89. The number of furan rings is 1. The van der Waals surface area contributed by atoms with Gasteiger partial charge in [-0.2, -0.15) is 0 Å². The monoisotopic (exact) mass is 395 g/mol. The minimum atomic E-state index is -0.647. The van der Waals surface area contributed by atoms with Gasteiger partial charge >= 0.3 is 0 Å². The Morgan fingerprint density at radius 3 is 2.36 bits per heavy atom. The lowest BCUT2D eigenvalue weighted by Crippen LogP contribution is -2.35. The van der Waals surface area contributed by atoms with Crippen LogP contribution in [0.1, 0.15) is 27.7 Å². The van der Waals surface area contributed by atoms with Crippen molar-refractivity contribution >= 4 is 30.7 Å². The van der Waals surface area contributed by atoms with E-state index in [1.165, 1.54) is 30.5 Å². The molecule has 0 bridgehead atoms. The molecule has 0 spiro atoms. The number of nitrogens with one attached hydrogen (secondary N) is 1. The van der Waals surface area contributed by atoms with Crippen LogP contribution >= 0.6 is 24.8 Å². The summed E-state index contributed by atoms with van der Waals surface area (Å²) in [4.78, 5) is 13.7. The number of halogens is 4. The summed E-state index contributed by atoms with van der Waals surface area (Å²) in [5.41, 5.74) is 5.66. The largest absolute Gasteiger partial charge is 0.467 e. The number of hydrogen-bond acceptors (Lipinski definition) is 4. The van der Waals surface area contributed by atoms with Crippen LogP contribution in [-0.2, 0) is 6.54 Å². The SMILES string of the molecule is CN(C)C(CNC(=O)c1coc(CN)c1)c1c(F)cccc1F.Cl.Cl. The quantitative estimate of drug-likeness (QED) is 0.788. The van der Waals surface area contributed by atoms with Gasteiger partial charge in [0.15, 0.2) is 0 Å². The second-order valence-electron chi connectivity index (χ2n) is 5.33. The third-order valence-electron chi connectivity index (χ3n) is 3.53. The maximum absolute atomic E-state index is 13.9. The van der Waals surface area contributed by atoms with Crippen LogP contribution in [0.5, 0.6) is 0 Å². The van der Waals surface area contributed by atoms with Gasteiger partial charge < -0.3 is 20.4 Å². The van der Waals surface area contributed by atoms with E-state index in [-0.39, 0.29) is 43.5 Å². The Morgan fingerprint density at radius 1 is 1.28 bits per heavy atom. The molecule has 3 N–H and O–H groups in total. The van der Waals surface area contributed by atoms with Crippen molar-refractivity contribution < 1.29 is 18.0 Å². The van der Waals surface area contributed by atoms with Crippen LogP contribution < -0.4 is 11.1 Å². The topological polar surface area (TPSA) is 71.5 Å². The standard InChI is InChI=1S/C16H19F2N3O2.2ClH/c1-21(2)14(15-12(17)4-3-5-13(15)18)8-20-16(22)10-6-11(7-19)23-9-10;;/h3-6,9,14H,7-8,19H2,1-2H3,(H,20,22);2*1H. The third kappa shape index (κ3) is 5.67. The molecular weight excluding hydrogens is 375 g/mol. The van der Waals surface area contributed by atoms with E-state index >= 15 is 0 Å². The maximum atomic E-state index is 13.9. The maximum Gasteiger partial charge on any atom is 0.254 e. The molecule has 1 heterocycles. The zero-order valence-electron chi connectivity index (χ0n) is 13.8. The summed E-state index contributed by atoms with van der Waals surface area (Å²) in [6.07, 6.45) is 1.30. The van der Waals surface area contributed by atoms with E-state index in [1.54, 1.807) is 19.0 Å². The number of amides is 1. The molecule has 0 fully saturated rings. The molecule has 0 saturated carbocycles. The van der Waals surface area contributed by atoms with Crippen molar-refractivity contribution in [3.63, 3.8) is 0 Å². The van der Waals surface area contributed by atoms with Crippen molar-refractivity contribution in [1.82, 2.24) is 10.2 Å². The van der Waals surface area contributed by atoms with Crippen LogP contribution in [-0.4, -0.2) is 31.4 Å². The zero-order valence-corrected chi connectivity index (χ0v) is 15.4. The van der Waals surface area contributed by atoms with Crippen LogP contribution in [0.15, 0.2) is 34.9 Å². The van der Waals surface area contributed by atoms with Crippen molar-refractivity contribution in [1.29, 1.82) is 0 Å². The number of benzene rings is 1. The fourth-order valence-corrected chi connectivity index (χ4v) is 2.27. The second kappa shape index (κ2) is 10.4.